The van der Waals surface area contributed by atoms with Crippen LogP contribution in [0.4, 0.5) is 0 Å². The summed E-state index contributed by atoms with van der Waals surface area (Å²) in [6.45, 7) is 4.53. The van der Waals surface area contributed by atoms with Crippen LogP contribution in [0.3, 0.4) is 0 Å². The van der Waals surface area contributed by atoms with Crippen molar-refractivity contribution in [3.63, 3.8) is 0 Å². The first-order chi connectivity index (χ1) is 11.4. The summed E-state index contributed by atoms with van der Waals surface area (Å²) < 4.78 is 8.80. The Morgan fingerprint density at radius 1 is 1.29 bits per heavy atom. The normalized spacial score (nSPS) is 18.0. The molecular formula is C16H20N4O4. The van der Waals surface area contributed by atoms with E-state index < -0.39 is 12.1 Å². The molecule has 1 N–H and O–H groups in total. The van der Waals surface area contributed by atoms with E-state index in [1.807, 2.05) is 30.5 Å². The fraction of sp³-hybridized carbons (Fsp3) is 0.438. The number of carbonyl (C=O) groups is 2. The van der Waals surface area contributed by atoms with Gasteiger partial charge in [-0.1, -0.05) is 0 Å². The highest BCUT2D eigenvalue weighted by molar-refractivity contribution is 5.97. The van der Waals surface area contributed by atoms with Gasteiger partial charge in [0.2, 0.25) is 0 Å². The van der Waals surface area contributed by atoms with Crippen molar-refractivity contribution in [3.8, 4) is 5.82 Å². The van der Waals surface area contributed by atoms with Crippen LogP contribution < -0.4 is 0 Å². The van der Waals surface area contributed by atoms with E-state index in [0.29, 0.717) is 17.9 Å². The van der Waals surface area contributed by atoms with Gasteiger partial charge in [-0.15, -0.1) is 0 Å². The highest BCUT2D eigenvalue weighted by Gasteiger charge is 2.31. The van der Waals surface area contributed by atoms with Crippen molar-refractivity contribution < 1.29 is 19.4 Å². The molecule has 0 aromatic carbocycles. The zero-order valence-electron chi connectivity index (χ0n) is 13.9. The predicted molar refractivity (Wildman–Crippen MR) is 85.3 cm³/mol. The summed E-state index contributed by atoms with van der Waals surface area (Å²) in [4.78, 5) is 25.6. The summed E-state index contributed by atoms with van der Waals surface area (Å²) in [5.74, 6) is -0.616. The highest BCUT2D eigenvalue weighted by atomic mass is 16.5. The van der Waals surface area contributed by atoms with Gasteiger partial charge in [0.15, 0.2) is 6.10 Å². The Balaban J connectivity index is 1.96. The molecule has 24 heavy (non-hydrogen) atoms. The van der Waals surface area contributed by atoms with Crippen molar-refractivity contribution in [1.29, 1.82) is 0 Å². The molecule has 0 radical (unpaired) electrons. The Kier molecular flexibility index (Phi) is 4.15. The summed E-state index contributed by atoms with van der Waals surface area (Å²) in [6.07, 6.45) is 0.541. The summed E-state index contributed by atoms with van der Waals surface area (Å²) in [6, 6.07) is 3.96. The van der Waals surface area contributed by atoms with Crippen LogP contribution >= 0.6 is 0 Å². The number of ether oxygens (including phenoxy) is 1. The number of amides is 1. The third kappa shape index (κ3) is 2.69. The molecule has 1 saturated heterocycles. The molecule has 0 saturated carbocycles. The Bertz CT molecular complexity index is 773. The highest BCUT2D eigenvalue weighted by Crippen LogP contribution is 2.22. The lowest BCUT2D eigenvalue weighted by Gasteiger charge is -2.31. The lowest BCUT2D eigenvalue weighted by molar-refractivity contribution is -0.154. The molecule has 3 heterocycles. The quantitative estimate of drug-likeness (QED) is 0.896. The Hall–Kier alpha value is -2.61. The Morgan fingerprint density at radius 2 is 1.96 bits per heavy atom. The third-order valence-electron chi connectivity index (χ3n) is 4.25. The standard InChI is InChI=1S/C16H20N4O4/c1-10-4-5-11(2)20(10)14-12(8-17-18(14)3)15(21)19-6-7-24-13(9-19)16(22)23/h4-5,8,13H,6-7,9H2,1-3H3,(H,22,23). The molecule has 1 fully saturated rings. The third-order valence-corrected chi connectivity index (χ3v) is 4.25. The maximum atomic E-state index is 12.9. The molecule has 1 atom stereocenters. The van der Waals surface area contributed by atoms with Gasteiger partial charge >= 0.3 is 5.97 Å². The Labute approximate surface area is 139 Å². The maximum absolute atomic E-state index is 12.9. The summed E-state index contributed by atoms with van der Waals surface area (Å²) in [5, 5.41) is 13.3. The molecule has 1 unspecified atom stereocenters. The minimum absolute atomic E-state index is 0.0339. The van der Waals surface area contributed by atoms with E-state index in [9.17, 15) is 9.59 Å². The number of aromatic nitrogens is 3. The van der Waals surface area contributed by atoms with E-state index in [4.69, 9.17) is 9.84 Å². The summed E-state index contributed by atoms with van der Waals surface area (Å²) in [7, 11) is 1.78. The van der Waals surface area contributed by atoms with Gasteiger partial charge in [0.25, 0.3) is 5.91 Å². The lowest BCUT2D eigenvalue weighted by Crippen LogP contribution is -2.48. The molecule has 0 aliphatic carbocycles. The predicted octanol–water partition coefficient (Wildman–Crippen LogP) is 0.753. The second-order valence-corrected chi connectivity index (χ2v) is 5.91. The van der Waals surface area contributed by atoms with Gasteiger partial charge in [-0.2, -0.15) is 5.10 Å². The van der Waals surface area contributed by atoms with Crippen molar-refractivity contribution in [2.24, 2.45) is 7.05 Å². The summed E-state index contributed by atoms with van der Waals surface area (Å²) in [5.41, 5.74) is 2.44. The minimum atomic E-state index is -1.06. The van der Waals surface area contributed by atoms with Gasteiger partial charge in [0, 0.05) is 25.0 Å². The second-order valence-electron chi connectivity index (χ2n) is 5.91. The molecule has 2 aromatic heterocycles. The average Bonchev–Trinajstić information content (AvgIpc) is 3.09. The van der Waals surface area contributed by atoms with Crippen LogP contribution in [0.25, 0.3) is 5.82 Å². The average molecular weight is 332 g/mol. The van der Waals surface area contributed by atoms with Crippen LogP contribution in [-0.4, -0.2) is 62.0 Å². The number of nitrogens with zero attached hydrogens (tertiary/aromatic N) is 4. The molecule has 1 aliphatic rings. The van der Waals surface area contributed by atoms with Gasteiger partial charge in [-0.25, -0.2) is 4.79 Å². The zero-order valence-corrected chi connectivity index (χ0v) is 13.9. The number of hydrogen-bond acceptors (Lipinski definition) is 4. The molecule has 8 nitrogen and oxygen atoms in total. The minimum Gasteiger partial charge on any atom is -0.479 e. The van der Waals surface area contributed by atoms with Crippen LogP contribution in [-0.2, 0) is 16.6 Å². The fourth-order valence-corrected chi connectivity index (χ4v) is 3.00. The number of hydrogen-bond donors (Lipinski definition) is 1. The summed E-state index contributed by atoms with van der Waals surface area (Å²) >= 11 is 0. The van der Waals surface area contributed by atoms with E-state index in [-0.39, 0.29) is 19.1 Å². The second kappa shape index (κ2) is 6.12. The van der Waals surface area contributed by atoms with Crippen molar-refractivity contribution in [1.82, 2.24) is 19.2 Å². The van der Waals surface area contributed by atoms with Crippen molar-refractivity contribution in [3.05, 3.63) is 35.3 Å². The first kappa shape index (κ1) is 16.3. The van der Waals surface area contributed by atoms with Gasteiger partial charge in [-0.05, 0) is 26.0 Å². The number of carbonyl (C=O) groups excluding carboxylic acids is 1. The molecule has 0 spiro atoms. The van der Waals surface area contributed by atoms with Crippen LogP contribution in [0.5, 0.6) is 0 Å². The van der Waals surface area contributed by atoms with Gasteiger partial charge < -0.3 is 19.3 Å². The number of carboxylic acid groups (broad SMARTS) is 1. The molecule has 1 aliphatic heterocycles. The molecule has 128 valence electrons. The van der Waals surface area contributed by atoms with E-state index in [2.05, 4.69) is 5.10 Å². The largest absolute Gasteiger partial charge is 0.479 e. The van der Waals surface area contributed by atoms with Crippen LogP contribution in [0.1, 0.15) is 21.7 Å². The van der Waals surface area contributed by atoms with E-state index in [1.54, 1.807) is 11.7 Å². The fourth-order valence-electron chi connectivity index (χ4n) is 3.00. The molecule has 2 aromatic rings. The van der Waals surface area contributed by atoms with Gasteiger partial charge in [0.1, 0.15) is 11.4 Å². The maximum Gasteiger partial charge on any atom is 0.334 e. The first-order valence-electron chi connectivity index (χ1n) is 7.71. The SMILES string of the molecule is Cc1ccc(C)n1-c1c(C(=O)N2CCOC(C(=O)O)C2)cnn1C. The zero-order chi connectivity index (χ0) is 17.4. The van der Waals surface area contributed by atoms with Crippen molar-refractivity contribution in [2.75, 3.05) is 19.7 Å². The number of morpholine rings is 1. The lowest BCUT2D eigenvalue weighted by atomic mass is 10.2. The van der Waals surface area contributed by atoms with Crippen LogP contribution in [0.2, 0.25) is 0 Å². The molecular weight excluding hydrogens is 312 g/mol. The number of aryl methyl sites for hydroxylation is 3. The van der Waals surface area contributed by atoms with E-state index in [0.717, 1.165) is 11.4 Å². The molecule has 8 heteroatoms. The number of aliphatic carboxylic acids is 1. The van der Waals surface area contributed by atoms with Gasteiger partial charge in [0.05, 0.1) is 19.3 Å². The monoisotopic (exact) mass is 332 g/mol. The van der Waals surface area contributed by atoms with Crippen LogP contribution in [0, 0.1) is 13.8 Å². The van der Waals surface area contributed by atoms with Gasteiger partial charge in [-0.3, -0.25) is 9.48 Å². The van der Waals surface area contributed by atoms with E-state index >= 15 is 0 Å². The number of carboxylic acids is 1. The molecule has 3 rings (SSSR count). The first-order valence-corrected chi connectivity index (χ1v) is 7.71. The van der Waals surface area contributed by atoms with Crippen molar-refractivity contribution in [2.45, 2.75) is 20.0 Å². The van der Waals surface area contributed by atoms with Crippen molar-refractivity contribution >= 4 is 11.9 Å². The topological polar surface area (TPSA) is 89.6 Å². The molecule has 1 amide bonds. The van der Waals surface area contributed by atoms with Crippen LogP contribution in [0.15, 0.2) is 18.3 Å². The number of rotatable bonds is 3. The van der Waals surface area contributed by atoms with E-state index in [1.165, 1.54) is 11.1 Å². The molecule has 0 bridgehead atoms. The Morgan fingerprint density at radius 3 is 2.58 bits per heavy atom. The smallest absolute Gasteiger partial charge is 0.334 e.